The predicted octanol–water partition coefficient (Wildman–Crippen LogP) is 2.10. The number of rotatable bonds is 3. The SMILES string of the molecule is CN(O)C(=O)CC1(O)C=C(c2ccccc2)Oc2cc(O)c(F)c(O)c21. The Bertz CT molecular complexity index is 896. The Kier molecular flexibility index (Phi) is 4.31. The normalized spacial score (nSPS) is 18.5. The Balaban J connectivity index is 2.20. The fourth-order valence-corrected chi connectivity index (χ4v) is 2.77. The van der Waals surface area contributed by atoms with Gasteiger partial charge in [0.05, 0.1) is 12.0 Å². The fourth-order valence-electron chi connectivity index (χ4n) is 2.77. The molecule has 0 fully saturated rings. The van der Waals surface area contributed by atoms with E-state index in [0.29, 0.717) is 5.56 Å². The minimum Gasteiger partial charge on any atom is -0.505 e. The fraction of sp³-hybridized carbons (Fsp3) is 0.167. The van der Waals surface area contributed by atoms with Crippen LogP contribution in [-0.2, 0) is 10.4 Å². The van der Waals surface area contributed by atoms with Crippen LogP contribution in [-0.4, -0.2) is 38.5 Å². The number of hydrogen-bond donors (Lipinski definition) is 4. The summed E-state index contributed by atoms with van der Waals surface area (Å²) in [5.41, 5.74) is -2.04. The molecule has 1 unspecified atom stereocenters. The lowest BCUT2D eigenvalue weighted by atomic mass is 9.85. The number of aromatic hydroxyl groups is 2. The van der Waals surface area contributed by atoms with E-state index in [9.17, 15) is 29.7 Å². The zero-order valence-electron chi connectivity index (χ0n) is 13.7. The molecule has 7 nitrogen and oxygen atoms in total. The van der Waals surface area contributed by atoms with Crippen LogP contribution in [0.4, 0.5) is 4.39 Å². The summed E-state index contributed by atoms with van der Waals surface area (Å²) in [7, 11) is 1.07. The maximum Gasteiger partial charge on any atom is 0.249 e. The molecular weight excluding hydrogens is 345 g/mol. The number of fused-ring (bicyclic) bond motifs is 1. The number of aliphatic hydroxyl groups is 1. The number of phenolic OH excluding ortho intramolecular Hbond substituents is 2. The van der Waals surface area contributed by atoms with Crippen LogP contribution >= 0.6 is 0 Å². The van der Waals surface area contributed by atoms with Crippen molar-refractivity contribution in [2.75, 3.05) is 7.05 Å². The van der Waals surface area contributed by atoms with E-state index in [0.717, 1.165) is 19.2 Å². The summed E-state index contributed by atoms with van der Waals surface area (Å²) in [5.74, 6) is -4.22. The molecule has 1 amide bonds. The van der Waals surface area contributed by atoms with Crippen molar-refractivity contribution < 1.29 is 34.4 Å². The summed E-state index contributed by atoms with van der Waals surface area (Å²) in [6.45, 7) is 0. The number of halogens is 1. The Morgan fingerprint density at radius 2 is 1.92 bits per heavy atom. The van der Waals surface area contributed by atoms with Gasteiger partial charge in [-0.2, -0.15) is 4.39 Å². The van der Waals surface area contributed by atoms with Gasteiger partial charge in [-0.15, -0.1) is 0 Å². The predicted molar refractivity (Wildman–Crippen MR) is 87.8 cm³/mol. The van der Waals surface area contributed by atoms with Gasteiger partial charge in [-0.1, -0.05) is 30.3 Å². The first-order valence-electron chi connectivity index (χ1n) is 7.62. The Hall–Kier alpha value is -3.10. The second-order valence-corrected chi connectivity index (χ2v) is 5.93. The molecule has 0 spiro atoms. The second kappa shape index (κ2) is 6.32. The number of benzene rings is 2. The highest BCUT2D eigenvalue weighted by Crippen LogP contribution is 2.49. The molecule has 1 aliphatic heterocycles. The number of phenols is 2. The molecule has 8 heteroatoms. The molecule has 0 aliphatic carbocycles. The number of nitrogens with zero attached hydrogens (tertiary/aromatic N) is 1. The first kappa shape index (κ1) is 17.7. The second-order valence-electron chi connectivity index (χ2n) is 5.93. The molecule has 0 aromatic heterocycles. The Morgan fingerprint density at radius 1 is 1.27 bits per heavy atom. The van der Waals surface area contributed by atoms with Crippen molar-refractivity contribution in [3.8, 4) is 17.2 Å². The van der Waals surface area contributed by atoms with E-state index in [-0.39, 0.29) is 16.6 Å². The first-order valence-corrected chi connectivity index (χ1v) is 7.62. The van der Waals surface area contributed by atoms with Crippen molar-refractivity contribution >= 4 is 11.7 Å². The molecule has 4 N–H and O–H groups in total. The third-order valence-electron chi connectivity index (χ3n) is 4.05. The van der Waals surface area contributed by atoms with Gasteiger partial charge in [0.2, 0.25) is 11.7 Å². The van der Waals surface area contributed by atoms with Crippen LogP contribution in [0.3, 0.4) is 0 Å². The maximum atomic E-state index is 13.9. The molecule has 1 aliphatic rings. The Morgan fingerprint density at radius 3 is 2.54 bits per heavy atom. The van der Waals surface area contributed by atoms with E-state index in [1.807, 2.05) is 0 Å². The largest absolute Gasteiger partial charge is 0.505 e. The molecule has 0 saturated carbocycles. The number of ether oxygens (including phenoxy) is 1. The van der Waals surface area contributed by atoms with Crippen molar-refractivity contribution in [2.45, 2.75) is 12.0 Å². The lowest BCUT2D eigenvalue weighted by molar-refractivity contribution is -0.163. The van der Waals surface area contributed by atoms with E-state index < -0.39 is 40.8 Å². The van der Waals surface area contributed by atoms with Crippen molar-refractivity contribution in [3.63, 3.8) is 0 Å². The number of carbonyl (C=O) groups is 1. The monoisotopic (exact) mass is 361 g/mol. The van der Waals surface area contributed by atoms with Crippen molar-refractivity contribution in [1.82, 2.24) is 5.06 Å². The molecule has 1 atom stereocenters. The van der Waals surface area contributed by atoms with Gasteiger partial charge < -0.3 is 20.1 Å². The highest BCUT2D eigenvalue weighted by atomic mass is 19.1. The third kappa shape index (κ3) is 2.96. The van der Waals surface area contributed by atoms with E-state index >= 15 is 0 Å². The summed E-state index contributed by atoms with van der Waals surface area (Å²) in [4.78, 5) is 12.0. The summed E-state index contributed by atoms with van der Waals surface area (Å²) in [5, 5.41) is 40.3. The smallest absolute Gasteiger partial charge is 0.249 e. The number of carbonyl (C=O) groups excluding carboxylic acids is 1. The molecule has 0 radical (unpaired) electrons. The summed E-state index contributed by atoms with van der Waals surface area (Å²) < 4.78 is 19.5. The van der Waals surface area contributed by atoms with Crippen LogP contribution in [0.15, 0.2) is 42.5 Å². The topological polar surface area (TPSA) is 110 Å². The van der Waals surface area contributed by atoms with E-state index in [1.165, 1.54) is 0 Å². The van der Waals surface area contributed by atoms with E-state index in [4.69, 9.17) is 4.74 Å². The lowest BCUT2D eigenvalue weighted by Gasteiger charge is -2.33. The number of amides is 1. The molecular formula is C18H16FNO6. The zero-order valence-corrected chi connectivity index (χ0v) is 13.7. The lowest BCUT2D eigenvalue weighted by Crippen LogP contribution is -2.35. The average molecular weight is 361 g/mol. The minimum absolute atomic E-state index is 0.138. The summed E-state index contributed by atoms with van der Waals surface area (Å²) in [6, 6.07) is 9.48. The van der Waals surface area contributed by atoms with Crippen LogP contribution in [0.25, 0.3) is 5.76 Å². The molecule has 2 aromatic rings. The van der Waals surface area contributed by atoms with Gasteiger partial charge in [0.25, 0.3) is 0 Å². The van der Waals surface area contributed by atoms with Crippen LogP contribution < -0.4 is 4.74 Å². The summed E-state index contributed by atoms with van der Waals surface area (Å²) >= 11 is 0. The van der Waals surface area contributed by atoms with Crippen molar-refractivity contribution in [2.24, 2.45) is 0 Å². The van der Waals surface area contributed by atoms with Gasteiger partial charge in [0, 0.05) is 18.7 Å². The van der Waals surface area contributed by atoms with Crippen LogP contribution in [0.2, 0.25) is 0 Å². The standard InChI is InChI=1S/C18H16FNO6/c1-20(25)14(22)9-18(24)8-13(10-5-3-2-4-6-10)26-12-7-11(21)16(19)17(23)15(12)18/h2-8,21,23-25H,9H2,1H3. The van der Waals surface area contributed by atoms with E-state index in [1.54, 1.807) is 30.3 Å². The highest BCUT2D eigenvalue weighted by molar-refractivity contribution is 5.79. The van der Waals surface area contributed by atoms with Gasteiger partial charge in [-0.25, -0.2) is 5.06 Å². The van der Waals surface area contributed by atoms with Gasteiger partial charge in [0.1, 0.15) is 17.1 Å². The van der Waals surface area contributed by atoms with E-state index in [2.05, 4.69) is 0 Å². The zero-order chi connectivity index (χ0) is 19.1. The molecule has 3 rings (SSSR count). The first-order chi connectivity index (χ1) is 12.2. The van der Waals surface area contributed by atoms with Crippen LogP contribution in [0, 0.1) is 5.82 Å². The van der Waals surface area contributed by atoms with Gasteiger partial charge in [0.15, 0.2) is 11.5 Å². The molecule has 26 heavy (non-hydrogen) atoms. The van der Waals surface area contributed by atoms with Crippen LogP contribution in [0.1, 0.15) is 17.5 Å². The minimum atomic E-state index is -2.18. The van der Waals surface area contributed by atoms with Crippen molar-refractivity contribution in [1.29, 1.82) is 0 Å². The quantitative estimate of drug-likeness (QED) is 0.492. The Labute approximate surface area is 147 Å². The highest BCUT2D eigenvalue weighted by Gasteiger charge is 2.42. The van der Waals surface area contributed by atoms with Crippen molar-refractivity contribution in [3.05, 3.63) is 59.4 Å². The molecule has 1 heterocycles. The van der Waals surface area contributed by atoms with Gasteiger partial charge in [-0.05, 0) is 6.08 Å². The third-order valence-corrected chi connectivity index (χ3v) is 4.05. The molecule has 0 saturated heterocycles. The van der Waals surface area contributed by atoms with Gasteiger partial charge in [-0.3, -0.25) is 10.0 Å². The number of hydroxylamine groups is 2. The maximum absolute atomic E-state index is 13.9. The molecule has 2 aromatic carbocycles. The summed E-state index contributed by atoms with van der Waals surface area (Å²) in [6.07, 6.45) is 0.465. The molecule has 0 bridgehead atoms. The van der Waals surface area contributed by atoms with Gasteiger partial charge >= 0.3 is 0 Å². The average Bonchev–Trinajstić information content (AvgIpc) is 2.59. The molecule has 136 valence electrons. The van der Waals surface area contributed by atoms with Crippen LogP contribution in [0.5, 0.6) is 17.2 Å². The number of hydrogen-bond acceptors (Lipinski definition) is 6.